The molecule has 1 aromatic carbocycles. The van der Waals surface area contributed by atoms with Crippen LogP contribution in [0.3, 0.4) is 0 Å². The van der Waals surface area contributed by atoms with Gasteiger partial charge in [0.1, 0.15) is 0 Å². The lowest BCUT2D eigenvalue weighted by atomic mass is 10.2. The van der Waals surface area contributed by atoms with Crippen LogP contribution in [0.25, 0.3) is 16.5 Å². The fraction of sp³-hybridized carbons (Fsp3) is 0.308. The molecule has 0 saturated heterocycles. The van der Waals surface area contributed by atoms with Crippen LogP contribution in [-0.2, 0) is 4.79 Å². The van der Waals surface area contributed by atoms with Crippen LogP contribution >= 0.6 is 0 Å². The topological polar surface area (TPSA) is 121 Å². The van der Waals surface area contributed by atoms with Gasteiger partial charge in [-0.3, -0.25) is 14.9 Å². The van der Waals surface area contributed by atoms with Gasteiger partial charge in [-0.25, -0.2) is 0 Å². The number of carbonyl (C=O) groups excluding carboxylic acids is 1. The molecule has 0 heterocycles. The summed E-state index contributed by atoms with van der Waals surface area (Å²) in [5.74, 6) is -0.273. The Hall–Kier alpha value is -2.86. The smallest absolute Gasteiger partial charge is 0.270 e. The van der Waals surface area contributed by atoms with Crippen LogP contribution in [0.5, 0.6) is 0 Å². The minimum absolute atomic E-state index is 0.0180. The molecule has 1 N–H and O–H groups in total. The van der Waals surface area contributed by atoms with E-state index >= 15 is 0 Å². The maximum absolute atomic E-state index is 11.5. The Morgan fingerprint density at radius 3 is 3.00 bits per heavy atom. The zero-order valence-electron chi connectivity index (χ0n) is 11.3. The van der Waals surface area contributed by atoms with Crippen molar-refractivity contribution < 1.29 is 9.72 Å². The van der Waals surface area contributed by atoms with Crippen LogP contribution in [0.2, 0.25) is 0 Å². The molecule has 0 aromatic heterocycles. The molecule has 110 valence electrons. The highest BCUT2D eigenvalue weighted by Gasteiger charge is 2.03. The third kappa shape index (κ3) is 6.74. The van der Waals surface area contributed by atoms with Crippen molar-refractivity contribution in [2.45, 2.75) is 12.8 Å². The van der Waals surface area contributed by atoms with Crippen molar-refractivity contribution in [2.75, 3.05) is 13.1 Å². The summed E-state index contributed by atoms with van der Waals surface area (Å²) in [7, 11) is 0. The number of non-ortho nitro benzene ring substituents is 1. The molecule has 0 aliphatic heterocycles. The van der Waals surface area contributed by atoms with Gasteiger partial charge in [0.25, 0.3) is 5.69 Å². The number of benzene rings is 1. The molecule has 1 amide bonds. The van der Waals surface area contributed by atoms with E-state index in [4.69, 9.17) is 5.53 Å². The Kier molecular flexibility index (Phi) is 7.02. The predicted octanol–water partition coefficient (Wildman–Crippen LogP) is 2.81. The number of nitro benzene ring substituents is 1. The van der Waals surface area contributed by atoms with Crippen LogP contribution in [0, 0.1) is 10.1 Å². The van der Waals surface area contributed by atoms with E-state index in [0.717, 1.165) is 6.42 Å². The molecule has 0 radical (unpaired) electrons. The van der Waals surface area contributed by atoms with Gasteiger partial charge in [-0.15, -0.1) is 0 Å². The van der Waals surface area contributed by atoms with Crippen LogP contribution in [0.4, 0.5) is 5.69 Å². The van der Waals surface area contributed by atoms with Crippen molar-refractivity contribution in [3.05, 3.63) is 56.5 Å². The van der Waals surface area contributed by atoms with Crippen molar-refractivity contribution in [3.63, 3.8) is 0 Å². The first-order chi connectivity index (χ1) is 10.1. The van der Waals surface area contributed by atoms with E-state index in [1.165, 1.54) is 24.3 Å². The number of nitrogens with one attached hydrogen (secondary N) is 1. The molecule has 1 aromatic rings. The highest BCUT2D eigenvalue weighted by atomic mass is 16.6. The Labute approximate surface area is 121 Å². The summed E-state index contributed by atoms with van der Waals surface area (Å²) >= 11 is 0. The minimum Gasteiger partial charge on any atom is -0.353 e. The van der Waals surface area contributed by atoms with Crippen molar-refractivity contribution in [3.8, 4) is 0 Å². The quantitative estimate of drug-likeness (QED) is 0.150. The van der Waals surface area contributed by atoms with Gasteiger partial charge >= 0.3 is 0 Å². The molecule has 0 saturated carbocycles. The average Bonchev–Trinajstić information content (AvgIpc) is 2.49. The van der Waals surface area contributed by atoms with Crippen molar-refractivity contribution >= 4 is 17.7 Å². The fourth-order valence-corrected chi connectivity index (χ4v) is 1.54. The van der Waals surface area contributed by atoms with Gasteiger partial charge in [0, 0.05) is 36.2 Å². The number of hydrogen-bond acceptors (Lipinski definition) is 4. The third-order valence-electron chi connectivity index (χ3n) is 2.56. The first-order valence-corrected chi connectivity index (χ1v) is 6.34. The SMILES string of the molecule is [N-]=[N+]=NCCCCNC(=O)/C=C/c1cccc([N+](=O)[O-])c1. The summed E-state index contributed by atoms with van der Waals surface area (Å²) in [5, 5.41) is 16.7. The van der Waals surface area contributed by atoms with E-state index < -0.39 is 4.92 Å². The van der Waals surface area contributed by atoms with Gasteiger partial charge in [-0.1, -0.05) is 17.2 Å². The van der Waals surface area contributed by atoms with Crippen LogP contribution in [-0.4, -0.2) is 23.9 Å². The monoisotopic (exact) mass is 289 g/mol. The Morgan fingerprint density at radius 2 is 2.29 bits per heavy atom. The summed E-state index contributed by atoms with van der Waals surface area (Å²) in [4.78, 5) is 24.3. The second kappa shape index (κ2) is 9.11. The normalized spacial score (nSPS) is 10.1. The van der Waals surface area contributed by atoms with Gasteiger partial charge in [0.05, 0.1) is 4.92 Å². The molecule has 0 spiro atoms. The fourth-order valence-electron chi connectivity index (χ4n) is 1.54. The Morgan fingerprint density at radius 1 is 1.48 bits per heavy atom. The van der Waals surface area contributed by atoms with Gasteiger partial charge < -0.3 is 5.32 Å². The molecule has 0 unspecified atom stereocenters. The van der Waals surface area contributed by atoms with Gasteiger partial charge in [-0.05, 0) is 30.0 Å². The standard InChI is InChI=1S/C13H15N5O3/c14-17-16-9-2-1-8-15-13(19)7-6-11-4-3-5-12(10-11)18(20)21/h3-7,10H,1-2,8-9H2,(H,15,19)/b7-6+. The highest BCUT2D eigenvalue weighted by molar-refractivity contribution is 5.91. The molecule has 8 nitrogen and oxygen atoms in total. The number of unbranched alkanes of at least 4 members (excludes halogenated alkanes) is 1. The van der Waals surface area contributed by atoms with Crippen LogP contribution in [0.1, 0.15) is 18.4 Å². The molecule has 8 heteroatoms. The average molecular weight is 289 g/mol. The van der Waals surface area contributed by atoms with Crippen molar-refractivity contribution in [1.29, 1.82) is 0 Å². The highest BCUT2D eigenvalue weighted by Crippen LogP contribution is 2.13. The Balaban J connectivity index is 2.38. The Bertz CT molecular complexity index is 579. The van der Waals surface area contributed by atoms with E-state index in [2.05, 4.69) is 15.3 Å². The van der Waals surface area contributed by atoms with E-state index in [1.807, 2.05) is 0 Å². The number of nitrogens with zero attached hydrogens (tertiary/aromatic N) is 4. The molecule has 1 rings (SSSR count). The lowest BCUT2D eigenvalue weighted by Crippen LogP contribution is -2.22. The molecule has 0 aliphatic carbocycles. The van der Waals surface area contributed by atoms with Gasteiger partial charge in [-0.2, -0.15) is 0 Å². The molecule has 0 bridgehead atoms. The van der Waals surface area contributed by atoms with Crippen molar-refractivity contribution in [2.24, 2.45) is 5.11 Å². The molecule has 0 aliphatic rings. The predicted molar refractivity (Wildman–Crippen MR) is 78.4 cm³/mol. The summed E-state index contributed by atoms with van der Waals surface area (Å²) in [6.45, 7) is 0.898. The van der Waals surface area contributed by atoms with Gasteiger partial charge in [0.2, 0.25) is 5.91 Å². The molecular formula is C13H15N5O3. The zero-order valence-corrected chi connectivity index (χ0v) is 11.3. The number of carbonyl (C=O) groups is 1. The second-order valence-electron chi connectivity index (χ2n) is 4.14. The molecule has 21 heavy (non-hydrogen) atoms. The van der Waals surface area contributed by atoms with E-state index in [1.54, 1.807) is 12.1 Å². The van der Waals surface area contributed by atoms with Crippen LogP contribution < -0.4 is 5.32 Å². The summed E-state index contributed by atoms with van der Waals surface area (Å²) in [5.41, 5.74) is 8.65. The van der Waals surface area contributed by atoms with Crippen LogP contribution in [0.15, 0.2) is 35.5 Å². The van der Waals surface area contributed by atoms with Crippen molar-refractivity contribution in [1.82, 2.24) is 5.32 Å². The molecular weight excluding hydrogens is 274 g/mol. The van der Waals surface area contributed by atoms with E-state index in [9.17, 15) is 14.9 Å². The number of rotatable bonds is 8. The minimum atomic E-state index is -0.485. The van der Waals surface area contributed by atoms with Gasteiger partial charge in [0.15, 0.2) is 0 Å². The maximum atomic E-state index is 11.5. The third-order valence-corrected chi connectivity index (χ3v) is 2.56. The maximum Gasteiger partial charge on any atom is 0.270 e. The summed E-state index contributed by atoms with van der Waals surface area (Å²) in [6, 6.07) is 6.02. The lowest BCUT2D eigenvalue weighted by Gasteiger charge is -2.00. The summed E-state index contributed by atoms with van der Waals surface area (Å²) in [6.07, 6.45) is 4.27. The summed E-state index contributed by atoms with van der Waals surface area (Å²) < 4.78 is 0. The number of nitro groups is 1. The first-order valence-electron chi connectivity index (χ1n) is 6.34. The molecule has 0 fully saturated rings. The number of azide groups is 1. The zero-order chi connectivity index (χ0) is 15.5. The largest absolute Gasteiger partial charge is 0.353 e. The number of amides is 1. The lowest BCUT2D eigenvalue weighted by molar-refractivity contribution is -0.384. The molecule has 0 atom stereocenters. The van der Waals surface area contributed by atoms with E-state index in [-0.39, 0.29) is 11.6 Å². The second-order valence-corrected chi connectivity index (χ2v) is 4.14. The van der Waals surface area contributed by atoms with E-state index in [0.29, 0.717) is 25.1 Å². The number of hydrogen-bond donors (Lipinski definition) is 1. The first kappa shape index (κ1) is 16.2.